The first-order valence-corrected chi connectivity index (χ1v) is 3.06. The average molecular weight is 162 g/mol. The summed E-state index contributed by atoms with van der Waals surface area (Å²) in [6.07, 6.45) is 1.88. The molecule has 0 atom stereocenters. The van der Waals surface area contributed by atoms with Gasteiger partial charge in [0.25, 0.3) is 0 Å². The first kappa shape index (κ1) is 11.6. The van der Waals surface area contributed by atoms with Crippen LogP contribution in [0, 0.1) is 0 Å². The number of rotatable bonds is 0. The molecule has 0 fully saturated rings. The van der Waals surface area contributed by atoms with Crippen LogP contribution in [0.1, 0.15) is 0 Å². The third-order valence-electron chi connectivity index (χ3n) is 0.333. The van der Waals surface area contributed by atoms with Crippen molar-refractivity contribution in [3.8, 4) is 0 Å². The molecule has 0 aliphatic carbocycles. The van der Waals surface area contributed by atoms with Crippen molar-refractivity contribution in [3.05, 3.63) is 0 Å². The van der Waals surface area contributed by atoms with Crippen LogP contribution in [-0.4, -0.2) is 69.1 Å². The van der Waals surface area contributed by atoms with E-state index in [0.717, 1.165) is 0 Å². The second-order valence-electron chi connectivity index (χ2n) is 0.658. The van der Waals surface area contributed by atoms with Crippen LogP contribution in [0.2, 0.25) is 0 Å². The topological polar surface area (TPSA) is 9.23 Å². The van der Waals surface area contributed by atoms with E-state index < -0.39 is 0 Å². The van der Waals surface area contributed by atoms with Gasteiger partial charge >= 0.3 is 51.4 Å². The summed E-state index contributed by atoms with van der Waals surface area (Å²) in [6.45, 7) is 0. The molecule has 38 valence electrons. The van der Waals surface area contributed by atoms with Gasteiger partial charge < -0.3 is 4.74 Å². The molecule has 0 spiro atoms. The zero-order valence-electron chi connectivity index (χ0n) is 3.72. The van der Waals surface area contributed by atoms with Crippen molar-refractivity contribution >= 4 is 79.7 Å². The summed E-state index contributed by atoms with van der Waals surface area (Å²) < 4.78 is 5.19. The fourth-order valence-corrected chi connectivity index (χ4v) is 0.250. The standard InChI is InChI=1S/C3H6OS2.K.H/c1-4-3(5)6-2;;/h1-2H3;;. The summed E-state index contributed by atoms with van der Waals surface area (Å²) in [4.78, 5) is 0. The minimum atomic E-state index is 0. The van der Waals surface area contributed by atoms with E-state index >= 15 is 0 Å². The molecule has 0 aromatic carbocycles. The Morgan fingerprint density at radius 3 is 2.14 bits per heavy atom. The van der Waals surface area contributed by atoms with Gasteiger partial charge in [-0.15, -0.1) is 0 Å². The van der Waals surface area contributed by atoms with E-state index in [4.69, 9.17) is 0 Å². The molecule has 0 aromatic rings. The van der Waals surface area contributed by atoms with Gasteiger partial charge in [-0.1, -0.05) is 11.8 Å². The van der Waals surface area contributed by atoms with Crippen LogP contribution in [0.25, 0.3) is 0 Å². The number of thioether (sulfide) groups is 1. The van der Waals surface area contributed by atoms with Crippen molar-refractivity contribution in [2.45, 2.75) is 0 Å². The van der Waals surface area contributed by atoms with Crippen LogP contribution < -0.4 is 0 Å². The molecule has 0 rings (SSSR count). The zero-order valence-corrected chi connectivity index (χ0v) is 5.36. The summed E-state index contributed by atoms with van der Waals surface area (Å²) in [7, 11) is 1.57. The van der Waals surface area contributed by atoms with Crippen LogP contribution >= 0.6 is 24.0 Å². The summed E-state index contributed by atoms with van der Waals surface area (Å²) >= 11 is 6.03. The molecule has 0 heterocycles. The Morgan fingerprint density at radius 1 is 1.71 bits per heavy atom. The molecule has 0 aromatic heterocycles. The number of thiocarbonyl (C=S) groups is 1. The van der Waals surface area contributed by atoms with Gasteiger partial charge in [0.2, 0.25) is 4.38 Å². The van der Waals surface area contributed by atoms with Crippen molar-refractivity contribution in [2.24, 2.45) is 0 Å². The van der Waals surface area contributed by atoms with E-state index in [0.29, 0.717) is 4.38 Å². The number of ether oxygens (including phenoxy) is 1. The maximum absolute atomic E-state index is 4.60. The molecule has 1 nitrogen and oxygen atoms in total. The van der Waals surface area contributed by atoms with Crippen molar-refractivity contribution in [2.75, 3.05) is 13.4 Å². The third-order valence-corrected chi connectivity index (χ3v) is 1.50. The van der Waals surface area contributed by atoms with Crippen LogP contribution in [0.5, 0.6) is 0 Å². The van der Waals surface area contributed by atoms with E-state index in [9.17, 15) is 0 Å². The van der Waals surface area contributed by atoms with Gasteiger partial charge in [0.05, 0.1) is 7.11 Å². The van der Waals surface area contributed by atoms with E-state index in [2.05, 4.69) is 17.0 Å². The van der Waals surface area contributed by atoms with E-state index in [-0.39, 0.29) is 51.4 Å². The second kappa shape index (κ2) is 7.88. The van der Waals surface area contributed by atoms with Crippen molar-refractivity contribution in [1.82, 2.24) is 0 Å². The van der Waals surface area contributed by atoms with Crippen molar-refractivity contribution in [1.29, 1.82) is 0 Å². The maximum atomic E-state index is 4.60. The molecular weight excluding hydrogens is 155 g/mol. The quantitative estimate of drug-likeness (QED) is 0.382. The molecule has 7 heavy (non-hydrogen) atoms. The van der Waals surface area contributed by atoms with Gasteiger partial charge in [-0.2, -0.15) is 0 Å². The predicted molar refractivity (Wildman–Crippen MR) is 40.3 cm³/mol. The van der Waals surface area contributed by atoms with Gasteiger partial charge in [0, 0.05) is 0 Å². The fraction of sp³-hybridized carbons (Fsp3) is 0.667. The fourth-order valence-electron chi connectivity index (χ4n) is 0.0833. The van der Waals surface area contributed by atoms with Gasteiger partial charge in [-0.3, -0.25) is 0 Å². The number of hydrogen-bond donors (Lipinski definition) is 0. The second-order valence-corrected chi connectivity index (χ2v) is 2.07. The number of methoxy groups -OCH3 is 1. The summed E-state index contributed by atoms with van der Waals surface area (Å²) in [5, 5.41) is 0. The molecule has 0 N–H and O–H groups in total. The van der Waals surface area contributed by atoms with Gasteiger partial charge in [-0.25, -0.2) is 0 Å². The summed E-state index contributed by atoms with van der Waals surface area (Å²) in [5.74, 6) is 0. The van der Waals surface area contributed by atoms with Crippen molar-refractivity contribution < 1.29 is 4.74 Å². The van der Waals surface area contributed by atoms with Gasteiger partial charge in [0.1, 0.15) is 0 Å². The molecule has 0 bridgehead atoms. The Morgan fingerprint density at radius 2 is 2.14 bits per heavy atom. The monoisotopic (exact) mass is 162 g/mol. The molecular formula is C3H7KOS2. The van der Waals surface area contributed by atoms with Crippen LogP contribution in [0.3, 0.4) is 0 Å². The molecule has 4 heteroatoms. The molecule has 0 saturated heterocycles. The van der Waals surface area contributed by atoms with Crippen LogP contribution in [-0.2, 0) is 4.74 Å². The zero-order chi connectivity index (χ0) is 4.99. The van der Waals surface area contributed by atoms with Crippen LogP contribution in [0.15, 0.2) is 0 Å². The van der Waals surface area contributed by atoms with E-state index in [1.807, 2.05) is 6.26 Å². The molecule has 0 radical (unpaired) electrons. The first-order valence-electron chi connectivity index (χ1n) is 1.43. The molecule has 0 aliphatic rings. The van der Waals surface area contributed by atoms with Gasteiger partial charge in [-0.05, 0) is 18.5 Å². The van der Waals surface area contributed by atoms with Gasteiger partial charge in [0.15, 0.2) is 0 Å². The Labute approximate surface area is 96.0 Å². The third kappa shape index (κ3) is 7.88. The molecule has 0 amide bonds. The normalized spacial score (nSPS) is 6.57. The van der Waals surface area contributed by atoms with E-state index in [1.54, 1.807) is 7.11 Å². The predicted octanol–water partition coefficient (Wildman–Crippen LogP) is 0.632. The molecule has 0 unspecified atom stereocenters. The average Bonchev–Trinajstić information content (AvgIpc) is 1.65. The van der Waals surface area contributed by atoms with Crippen molar-refractivity contribution in [3.63, 3.8) is 0 Å². The minimum absolute atomic E-state index is 0. The molecule has 0 aliphatic heterocycles. The summed E-state index contributed by atoms with van der Waals surface area (Å²) in [5.41, 5.74) is 0. The first-order chi connectivity index (χ1) is 2.81. The Hall–Kier alpha value is 1.88. The Bertz CT molecular complexity index is 50.9. The molecule has 0 saturated carbocycles. The van der Waals surface area contributed by atoms with Crippen LogP contribution in [0.4, 0.5) is 0 Å². The Balaban J connectivity index is 0. The SMILES string of the molecule is COC(=S)SC.[KH]. The Kier molecular flexibility index (Phi) is 13.1. The van der Waals surface area contributed by atoms with E-state index in [1.165, 1.54) is 11.8 Å². The number of hydrogen-bond acceptors (Lipinski definition) is 3. The summed E-state index contributed by atoms with van der Waals surface area (Å²) in [6, 6.07) is 0.